The van der Waals surface area contributed by atoms with Crippen molar-refractivity contribution in [2.24, 2.45) is 0 Å². The summed E-state index contributed by atoms with van der Waals surface area (Å²) >= 11 is 3.28. The molecule has 0 atom stereocenters. The predicted octanol–water partition coefficient (Wildman–Crippen LogP) is 2.64. The number of rotatable bonds is 5. The summed E-state index contributed by atoms with van der Waals surface area (Å²) in [7, 11) is -3.68. The highest BCUT2D eigenvalue weighted by Gasteiger charge is 2.24. The smallest absolute Gasteiger partial charge is 0.264 e. The summed E-state index contributed by atoms with van der Waals surface area (Å²) < 4.78 is 27.3. The first-order chi connectivity index (χ1) is 9.55. The van der Waals surface area contributed by atoms with Gasteiger partial charge < -0.3 is 5.11 Å². The van der Waals surface area contributed by atoms with E-state index >= 15 is 0 Å². The number of aliphatic hydroxyl groups excluding tert-OH is 1. The minimum absolute atomic E-state index is 0.0163. The normalized spacial score (nSPS) is 11.3. The van der Waals surface area contributed by atoms with Crippen LogP contribution in [0.5, 0.6) is 0 Å². The van der Waals surface area contributed by atoms with Crippen LogP contribution in [0.1, 0.15) is 0 Å². The maximum atomic E-state index is 12.6. The Labute approximate surface area is 126 Å². The van der Waals surface area contributed by atoms with Crippen molar-refractivity contribution in [1.82, 2.24) is 0 Å². The molecule has 0 spiro atoms. The SMILES string of the molecule is O=S(=O)(c1ccc(Br)cc1)N(CCO)c1ccccc1. The summed E-state index contributed by atoms with van der Waals surface area (Å²) in [6.45, 7) is -0.229. The van der Waals surface area contributed by atoms with Crippen LogP contribution in [0.15, 0.2) is 64.0 Å². The average molecular weight is 356 g/mol. The molecule has 0 unspecified atom stereocenters. The Balaban J connectivity index is 2.45. The van der Waals surface area contributed by atoms with Crippen molar-refractivity contribution in [2.45, 2.75) is 4.90 Å². The first kappa shape index (κ1) is 15.0. The molecule has 6 heteroatoms. The zero-order valence-electron chi connectivity index (χ0n) is 10.6. The Bertz CT molecular complexity index is 657. The second-order valence-corrected chi connectivity index (χ2v) is 6.87. The fourth-order valence-electron chi connectivity index (χ4n) is 1.81. The zero-order valence-corrected chi connectivity index (χ0v) is 13.0. The number of halogens is 1. The lowest BCUT2D eigenvalue weighted by Crippen LogP contribution is -2.33. The molecule has 0 aliphatic carbocycles. The molecule has 0 aliphatic rings. The summed E-state index contributed by atoms with van der Waals surface area (Å²) in [6.07, 6.45) is 0. The van der Waals surface area contributed by atoms with E-state index in [9.17, 15) is 8.42 Å². The predicted molar refractivity (Wildman–Crippen MR) is 82.2 cm³/mol. The fourth-order valence-corrected chi connectivity index (χ4v) is 3.53. The van der Waals surface area contributed by atoms with Crippen molar-refractivity contribution in [3.8, 4) is 0 Å². The van der Waals surface area contributed by atoms with Crippen molar-refractivity contribution in [3.63, 3.8) is 0 Å². The minimum Gasteiger partial charge on any atom is -0.394 e. The summed E-state index contributed by atoms with van der Waals surface area (Å²) in [5.41, 5.74) is 0.532. The fraction of sp³-hybridized carbons (Fsp3) is 0.143. The second kappa shape index (κ2) is 6.39. The van der Waals surface area contributed by atoms with Gasteiger partial charge in [-0.05, 0) is 36.4 Å². The largest absolute Gasteiger partial charge is 0.394 e. The molecule has 20 heavy (non-hydrogen) atoms. The molecular weight excluding hydrogens is 342 g/mol. The number of para-hydroxylation sites is 1. The monoisotopic (exact) mass is 355 g/mol. The minimum atomic E-state index is -3.68. The lowest BCUT2D eigenvalue weighted by Gasteiger charge is -2.23. The molecule has 0 aliphatic heterocycles. The van der Waals surface area contributed by atoms with Gasteiger partial charge in [0.2, 0.25) is 0 Å². The van der Waals surface area contributed by atoms with Gasteiger partial charge in [-0.15, -0.1) is 0 Å². The molecule has 0 radical (unpaired) electrons. The van der Waals surface area contributed by atoms with Gasteiger partial charge in [-0.1, -0.05) is 34.1 Å². The molecule has 0 saturated heterocycles. The van der Waals surface area contributed by atoms with E-state index in [2.05, 4.69) is 15.9 Å². The van der Waals surface area contributed by atoms with Gasteiger partial charge in [-0.3, -0.25) is 4.31 Å². The molecule has 0 bridgehead atoms. The number of sulfonamides is 1. The van der Waals surface area contributed by atoms with Gasteiger partial charge in [0.25, 0.3) is 10.0 Å². The summed E-state index contributed by atoms with van der Waals surface area (Å²) in [5.74, 6) is 0. The van der Waals surface area contributed by atoms with E-state index in [-0.39, 0.29) is 18.0 Å². The van der Waals surface area contributed by atoms with Crippen LogP contribution in [0.4, 0.5) is 5.69 Å². The Kier molecular flexibility index (Phi) is 4.80. The van der Waals surface area contributed by atoms with Gasteiger partial charge in [0.05, 0.1) is 23.7 Å². The summed E-state index contributed by atoms with van der Waals surface area (Å²) in [5, 5.41) is 9.14. The maximum Gasteiger partial charge on any atom is 0.264 e. The number of nitrogens with zero attached hydrogens (tertiary/aromatic N) is 1. The van der Waals surface area contributed by atoms with E-state index in [0.717, 1.165) is 4.47 Å². The lowest BCUT2D eigenvalue weighted by molar-refractivity contribution is 0.306. The number of hydrogen-bond donors (Lipinski definition) is 1. The molecule has 0 aromatic heterocycles. The second-order valence-electron chi connectivity index (χ2n) is 4.09. The van der Waals surface area contributed by atoms with Gasteiger partial charge >= 0.3 is 0 Å². The Morgan fingerprint density at radius 2 is 1.60 bits per heavy atom. The van der Waals surface area contributed by atoms with Crippen LogP contribution in [-0.2, 0) is 10.0 Å². The number of hydrogen-bond acceptors (Lipinski definition) is 3. The van der Waals surface area contributed by atoms with Crippen LogP contribution in [0.25, 0.3) is 0 Å². The van der Waals surface area contributed by atoms with E-state index in [1.807, 2.05) is 6.07 Å². The van der Waals surface area contributed by atoms with Crippen LogP contribution in [-0.4, -0.2) is 26.7 Å². The van der Waals surface area contributed by atoms with Crippen LogP contribution in [0.3, 0.4) is 0 Å². The molecule has 2 aromatic carbocycles. The average Bonchev–Trinajstić information content (AvgIpc) is 2.46. The van der Waals surface area contributed by atoms with Crippen molar-refractivity contribution in [2.75, 3.05) is 17.5 Å². The van der Waals surface area contributed by atoms with E-state index in [4.69, 9.17) is 5.11 Å². The van der Waals surface area contributed by atoms with E-state index < -0.39 is 10.0 Å². The summed E-state index contributed by atoms with van der Waals surface area (Å²) in [6, 6.07) is 15.2. The maximum absolute atomic E-state index is 12.6. The van der Waals surface area contributed by atoms with Crippen molar-refractivity contribution < 1.29 is 13.5 Å². The van der Waals surface area contributed by atoms with E-state index in [1.165, 1.54) is 16.4 Å². The van der Waals surface area contributed by atoms with Crippen molar-refractivity contribution >= 4 is 31.6 Å². The quantitative estimate of drug-likeness (QED) is 0.896. The standard InChI is InChI=1S/C14H14BrNO3S/c15-12-6-8-14(9-7-12)20(18,19)16(10-11-17)13-4-2-1-3-5-13/h1-9,17H,10-11H2. The molecule has 2 aromatic rings. The molecule has 0 fully saturated rings. The molecule has 2 rings (SSSR count). The van der Waals surface area contributed by atoms with Crippen LogP contribution in [0, 0.1) is 0 Å². The molecule has 4 nitrogen and oxygen atoms in total. The van der Waals surface area contributed by atoms with Crippen molar-refractivity contribution in [3.05, 3.63) is 59.1 Å². The highest BCUT2D eigenvalue weighted by Crippen LogP contribution is 2.24. The third-order valence-corrected chi connectivity index (χ3v) is 5.12. The first-order valence-corrected chi connectivity index (χ1v) is 8.23. The lowest BCUT2D eigenvalue weighted by atomic mass is 10.3. The topological polar surface area (TPSA) is 57.6 Å². The van der Waals surface area contributed by atoms with Crippen LogP contribution < -0.4 is 4.31 Å². The summed E-state index contributed by atoms with van der Waals surface area (Å²) in [4.78, 5) is 0.193. The highest BCUT2D eigenvalue weighted by molar-refractivity contribution is 9.10. The van der Waals surface area contributed by atoms with Crippen LogP contribution in [0.2, 0.25) is 0 Å². The van der Waals surface area contributed by atoms with Gasteiger partial charge in [0, 0.05) is 4.47 Å². The number of aliphatic hydroxyl groups is 1. The third-order valence-electron chi connectivity index (χ3n) is 2.75. The van der Waals surface area contributed by atoms with Crippen molar-refractivity contribution in [1.29, 1.82) is 0 Å². The molecule has 106 valence electrons. The molecule has 0 amide bonds. The Morgan fingerprint density at radius 3 is 2.15 bits per heavy atom. The zero-order chi connectivity index (χ0) is 14.6. The third kappa shape index (κ3) is 3.20. The highest BCUT2D eigenvalue weighted by atomic mass is 79.9. The van der Waals surface area contributed by atoms with E-state index in [1.54, 1.807) is 36.4 Å². The molecular formula is C14H14BrNO3S. The van der Waals surface area contributed by atoms with Crippen LogP contribution >= 0.6 is 15.9 Å². The van der Waals surface area contributed by atoms with Gasteiger partial charge in [0.1, 0.15) is 0 Å². The molecule has 1 N–H and O–H groups in total. The van der Waals surface area contributed by atoms with E-state index in [0.29, 0.717) is 5.69 Å². The number of benzene rings is 2. The number of anilines is 1. The van der Waals surface area contributed by atoms with Gasteiger partial charge in [0.15, 0.2) is 0 Å². The van der Waals surface area contributed by atoms with Gasteiger partial charge in [-0.25, -0.2) is 8.42 Å². The molecule has 0 saturated carbocycles. The Hall–Kier alpha value is -1.37. The molecule has 0 heterocycles. The first-order valence-electron chi connectivity index (χ1n) is 6.00. The Morgan fingerprint density at radius 1 is 1.00 bits per heavy atom. The van der Waals surface area contributed by atoms with Gasteiger partial charge in [-0.2, -0.15) is 0 Å².